The molecule has 0 spiro atoms. The summed E-state index contributed by atoms with van der Waals surface area (Å²) in [5.74, 6) is -0.267. The van der Waals surface area contributed by atoms with E-state index in [4.69, 9.17) is 4.74 Å². The first-order valence-corrected chi connectivity index (χ1v) is 9.66. The van der Waals surface area contributed by atoms with Crippen molar-refractivity contribution in [3.8, 4) is 5.75 Å². The molecule has 0 radical (unpaired) electrons. The van der Waals surface area contributed by atoms with Crippen molar-refractivity contribution in [2.24, 2.45) is 0 Å². The summed E-state index contributed by atoms with van der Waals surface area (Å²) < 4.78 is 44.6. The Hall–Kier alpha value is -2.68. The number of amides is 1. The number of carbonyl (C=O) groups is 1. The highest BCUT2D eigenvalue weighted by Gasteiger charge is 2.42. The van der Waals surface area contributed by atoms with Crippen molar-refractivity contribution in [3.63, 3.8) is 0 Å². The van der Waals surface area contributed by atoms with E-state index in [-0.39, 0.29) is 17.4 Å². The zero-order valence-corrected chi connectivity index (χ0v) is 15.5. The number of sulfonamides is 1. The molecule has 9 heteroatoms. The number of aromatic nitrogens is 1. The Morgan fingerprint density at radius 3 is 2.54 bits per heavy atom. The molecule has 1 N–H and O–H groups in total. The van der Waals surface area contributed by atoms with Gasteiger partial charge >= 0.3 is 0 Å². The highest BCUT2D eigenvalue weighted by atomic mass is 32.2. The fraction of sp³-hybridized carbons (Fsp3) is 0.294. The fourth-order valence-electron chi connectivity index (χ4n) is 2.64. The molecule has 1 aliphatic rings. The molecule has 26 heavy (non-hydrogen) atoms. The molecule has 0 fully saturated rings. The van der Waals surface area contributed by atoms with Crippen LogP contribution in [0.25, 0.3) is 0 Å². The first-order valence-electron chi connectivity index (χ1n) is 7.76. The molecule has 1 amide bonds. The van der Waals surface area contributed by atoms with Crippen LogP contribution in [-0.2, 0) is 14.8 Å². The number of anilines is 3. The number of carbonyl (C=O) groups excluding carboxylic acids is 1. The lowest BCUT2D eigenvalue weighted by Gasteiger charge is -2.38. The smallest absolute Gasteiger partial charge is 0.276 e. The molecule has 138 valence electrons. The molecule has 0 bridgehead atoms. The zero-order valence-electron chi connectivity index (χ0n) is 14.7. The predicted molar refractivity (Wildman–Crippen MR) is 95.7 cm³/mol. The van der Waals surface area contributed by atoms with E-state index in [1.807, 2.05) is 0 Å². The molecular weight excluding hydrogens is 361 g/mol. The minimum atomic E-state index is -3.46. The van der Waals surface area contributed by atoms with Crippen LogP contribution in [0.15, 0.2) is 30.3 Å². The number of rotatable bonds is 3. The third-order valence-electron chi connectivity index (χ3n) is 3.82. The highest BCUT2D eigenvalue weighted by molar-refractivity contribution is 7.92. The van der Waals surface area contributed by atoms with Gasteiger partial charge in [-0.15, -0.1) is 0 Å². The van der Waals surface area contributed by atoms with Gasteiger partial charge in [0.2, 0.25) is 10.0 Å². The van der Waals surface area contributed by atoms with Gasteiger partial charge in [0.15, 0.2) is 5.60 Å². The lowest BCUT2D eigenvalue weighted by Crippen LogP contribution is -2.50. The molecule has 0 aliphatic carbocycles. The van der Waals surface area contributed by atoms with Gasteiger partial charge in [-0.25, -0.2) is 17.8 Å². The Morgan fingerprint density at radius 2 is 1.92 bits per heavy atom. The maximum atomic E-state index is 13.6. The minimum Gasteiger partial charge on any atom is -0.476 e. The zero-order chi connectivity index (χ0) is 19.3. The number of hydrogen-bond donors (Lipinski definition) is 1. The molecule has 2 aromatic rings. The van der Waals surface area contributed by atoms with Gasteiger partial charge in [-0.1, -0.05) is 0 Å². The van der Waals surface area contributed by atoms with Crippen molar-refractivity contribution < 1.29 is 22.3 Å². The minimum absolute atomic E-state index is 0.163. The van der Waals surface area contributed by atoms with E-state index in [0.717, 1.165) is 6.26 Å². The molecule has 1 aliphatic heterocycles. The molecule has 0 unspecified atom stereocenters. The topological polar surface area (TPSA) is 88.6 Å². The molecule has 0 atom stereocenters. The number of halogens is 1. The summed E-state index contributed by atoms with van der Waals surface area (Å²) in [6.45, 7) is 4.70. The summed E-state index contributed by atoms with van der Waals surface area (Å²) in [6, 6.07) is 7.21. The number of nitrogens with zero attached hydrogens (tertiary/aromatic N) is 2. The second kappa shape index (κ2) is 5.94. The SMILES string of the molecule is Cc1nc(N2C(=O)C(C)(C)Oc3cc(NS(C)(=O)=O)ccc32)ccc1F. The van der Waals surface area contributed by atoms with Gasteiger partial charge in [-0.3, -0.25) is 14.4 Å². The Labute approximate surface area is 150 Å². The van der Waals surface area contributed by atoms with Crippen LogP contribution in [0.3, 0.4) is 0 Å². The third-order valence-corrected chi connectivity index (χ3v) is 4.43. The van der Waals surface area contributed by atoms with Crippen LogP contribution >= 0.6 is 0 Å². The van der Waals surface area contributed by atoms with E-state index in [1.54, 1.807) is 19.9 Å². The van der Waals surface area contributed by atoms with Gasteiger partial charge in [0.05, 0.1) is 23.3 Å². The second-order valence-electron chi connectivity index (χ2n) is 6.55. The number of hydrogen-bond acceptors (Lipinski definition) is 5. The average Bonchev–Trinajstić information content (AvgIpc) is 2.50. The summed E-state index contributed by atoms with van der Waals surface area (Å²) in [5, 5.41) is 0. The highest BCUT2D eigenvalue weighted by Crippen LogP contribution is 2.42. The van der Waals surface area contributed by atoms with E-state index in [2.05, 4.69) is 9.71 Å². The van der Waals surface area contributed by atoms with Crippen molar-refractivity contribution >= 4 is 33.1 Å². The molecule has 2 heterocycles. The first-order chi connectivity index (χ1) is 12.0. The molecule has 7 nitrogen and oxygen atoms in total. The lowest BCUT2D eigenvalue weighted by molar-refractivity contribution is -0.131. The van der Waals surface area contributed by atoms with E-state index < -0.39 is 21.4 Å². The summed E-state index contributed by atoms with van der Waals surface area (Å²) in [7, 11) is -3.46. The number of fused-ring (bicyclic) bond motifs is 1. The standard InChI is InChI=1S/C17H18FN3O4S/c1-10-12(18)6-8-15(19-10)21-13-7-5-11(20-26(4,23)24)9-14(13)25-17(2,3)16(21)22/h5-9,20H,1-4H3. The average molecular weight is 379 g/mol. The summed E-state index contributed by atoms with van der Waals surface area (Å²) in [6.07, 6.45) is 1.04. The summed E-state index contributed by atoms with van der Waals surface area (Å²) in [5.41, 5.74) is -0.344. The fourth-order valence-corrected chi connectivity index (χ4v) is 3.19. The number of ether oxygens (including phenoxy) is 1. The largest absolute Gasteiger partial charge is 0.476 e. The predicted octanol–water partition coefficient (Wildman–Crippen LogP) is 2.74. The van der Waals surface area contributed by atoms with Crippen LogP contribution in [0, 0.1) is 12.7 Å². The van der Waals surface area contributed by atoms with Crippen LogP contribution in [0.1, 0.15) is 19.5 Å². The number of aryl methyl sites for hydroxylation is 1. The lowest BCUT2D eigenvalue weighted by atomic mass is 10.0. The van der Waals surface area contributed by atoms with Crippen LogP contribution in [0.5, 0.6) is 5.75 Å². The van der Waals surface area contributed by atoms with E-state index in [9.17, 15) is 17.6 Å². The van der Waals surface area contributed by atoms with Crippen LogP contribution in [0.4, 0.5) is 21.6 Å². The van der Waals surface area contributed by atoms with Gasteiger partial charge in [-0.05, 0) is 45.0 Å². The van der Waals surface area contributed by atoms with Crippen molar-refractivity contribution in [2.75, 3.05) is 15.9 Å². The van der Waals surface area contributed by atoms with E-state index in [0.29, 0.717) is 17.1 Å². The van der Waals surface area contributed by atoms with Crippen LogP contribution < -0.4 is 14.4 Å². The van der Waals surface area contributed by atoms with Crippen molar-refractivity contribution in [2.45, 2.75) is 26.4 Å². The summed E-state index contributed by atoms with van der Waals surface area (Å²) in [4.78, 5) is 18.4. The van der Waals surface area contributed by atoms with Crippen molar-refractivity contribution in [1.82, 2.24) is 4.98 Å². The van der Waals surface area contributed by atoms with Crippen LogP contribution in [-0.4, -0.2) is 31.2 Å². The Morgan fingerprint density at radius 1 is 1.23 bits per heavy atom. The van der Waals surface area contributed by atoms with Gasteiger partial charge in [-0.2, -0.15) is 0 Å². The maximum absolute atomic E-state index is 13.6. The van der Waals surface area contributed by atoms with Gasteiger partial charge in [0.1, 0.15) is 17.4 Å². The monoisotopic (exact) mass is 379 g/mol. The molecular formula is C17H18FN3O4S. The summed E-state index contributed by atoms with van der Waals surface area (Å²) >= 11 is 0. The number of nitrogens with one attached hydrogen (secondary N) is 1. The number of pyridine rings is 1. The van der Waals surface area contributed by atoms with E-state index in [1.165, 1.54) is 36.1 Å². The Bertz CT molecular complexity index is 1010. The molecule has 0 saturated carbocycles. The quantitative estimate of drug-likeness (QED) is 0.886. The first kappa shape index (κ1) is 18.1. The van der Waals surface area contributed by atoms with Crippen LogP contribution in [0.2, 0.25) is 0 Å². The third kappa shape index (κ3) is 3.34. The Balaban J connectivity index is 2.14. The normalized spacial score (nSPS) is 16.0. The Kier molecular flexibility index (Phi) is 4.14. The number of benzene rings is 1. The van der Waals surface area contributed by atoms with Gasteiger partial charge < -0.3 is 4.74 Å². The second-order valence-corrected chi connectivity index (χ2v) is 8.29. The maximum Gasteiger partial charge on any atom is 0.276 e. The molecule has 1 aromatic heterocycles. The van der Waals surface area contributed by atoms with Gasteiger partial charge in [0, 0.05) is 6.07 Å². The van der Waals surface area contributed by atoms with Crippen molar-refractivity contribution in [1.29, 1.82) is 0 Å². The molecule has 1 aromatic carbocycles. The van der Waals surface area contributed by atoms with Gasteiger partial charge in [0.25, 0.3) is 5.91 Å². The van der Waals surface area contributed by atoms with Crippen molar-refractivity contribution in [3.05, 3.63) is 41.8 Å². The molecule has 3 rings (SSSR count). The van der Waals surface area contributed by atoms with E-state index >= 15 is 0 Å². The molecule has 0 saturated heterocycles.